The third-order valence-electron chi connectivity index (χ3n) is 3.04. The Labute approximate surface area is 127 Å². The Kier molecular flexibility index (Phi) is 4.23. The average Bonchev–Trinajstić information content (AvgIpc) is 2.39. The number of amides is 1. The molecule has 1 atom stereocenters. The standard InChI is InChI=1S/C15H15ClN2O3/c1-8(9-4-11(19)7-12(20)5-9)18-10-2-3-14(16)13(6-10)15(17)21/h2-8,18-20H,1H3,(H2,17,21). The second-order valence-electron chi connectivity index (χ2n) is 4.71. The molecule has 0 bridgehead atoms. The fourth-order valence-corrected chi connectivity index (χ4v) is 2.22. The number of aromatic hydroxyl groups is 2. The van der Waals surface area contributed by atoms with Gasteiger partial charge in [0, 0.05) is 17.8 Å². The summed E-state index contributed by atoms with van der Waals surface area (Å²) in [6, 6.07) is 8.99. The molecule has 0 radical (unpaired) electrons. The molecule has 0 saturated carbocycles. The third kappa shape index (κ3) is 3.58. The SMILES string of the molecule is CC(Nc1ccc(Cl)c(C(N)=O)c1)c1cc(O)cc(O)c1. The smallest absolute Gasteiger partial charge is 0.250 e. The fraction of sp³-hybridized carbons (Fsp3) is 0.133. The summed E-state index contributed by atoms with van der Waals surface area (Å²) in [5, 5.41) is 22.4. The monoisotopic (exact) mass is 306 g/mol. The van der Waals surface area contributed by atoms with E-state index in [-0.39, 0.29) is 28.1 Å². The van der Waals surface area contributed by atoms with Crippen LogP contribution in [0.1, 0.15) is 28.9 Å². The van der Waals surface area contributed by atoms with Gasteiger partial charge < -0.3 is 21.3 Å². The van der Waals surface area contributed by atoms with E-state index in [4.69, 9.17) is 17.3 Å². The number of primary amides is 1. The molecule has 2 rings (SSSR count). The van der Waals surface area contributed by atoms with Gasteiger partial charge in [-0.15, -0.1) is 0 Å². The molecule has 0 aliphatic rings. The number of anilines is 1. The van der Waals surface area contributed by atoms with E-state index < -0.39 is 5.91 Å². The lowest BCUT2D eigenvalue weighted by molar-refractivity contribution is 0.100. The molecule has 1 amide bonds. The van der Waals surface area contributed by atoms with Crippen molar-refractivity contribution in [1.82, 2.24) is 0 Å². The van der Waals surface area contributed by atoms with Crippen molar-refractivity contribution >= 4 is 23.2 Å². The Morgan fingerprint density at radius 1 is 1.19 bits per heavy atom. The summed E-state index contributed by atoms with van der Waals surface area (Å²) in [5.41, 5.74) is 6.83. The highest BCUT2D eigenvalue weighted by molar-refractivity contribution is 6.33. The van der Waals surface area contributed by atoms with Crippen molar-refractivity contribution in [3.8, 4) is 11.5 Å². The molecular weight excluding hydrogens is 292 g/mol. The highest BCUT2D eigenvalue weighted by Crippen LogP contribution is 2.28. The molecule has 0 heterocycles. The highest BCUT2D eigenvalue weighted by atomic mass is 35.5. The van der Waals surface area contributed by atoms with Crippen molar-refractivity contribution in [3.05, 3.63) is 52.5 Å². The van der Waals surface area contributed by atoms with Crippen molar-refractivity contribution in [1.29, 1.82) is 0 Å². The maximum atomic E-state index is 11.3. The van der Waals surface area contributed by atoms with Gasteiger partial charge in [0.15, 0.2) is 0 Å². The minimum absolute atomic E-state index is 0.0208. The number of hydrogen-bond donors (Lipinski definition) is 4. The zero-order chi connectivity index (χ0) is 15.6. The quantitative estimate of drug-likeness (QED) is 0.698. The van der Waals surface area contributed by atoms with E-state index in [1.54, 1.807) is 30.3 Å². The Bertz CT molecular complexity index is 668. The maximum Gasteiger partial charge on any atom is 0.250 e. The van der Waals surface area contributed by atoms with Gasteiger partial charge in [0.2, 0.25) is 5.91 Å². The van der Waals surface area contributed by atoms with Crippen LogP contribution in [0.15, 0.2) is 36.4 Å². The van der Waals surface area contributed by atoms with Crippen LogP contribution in [0.5, 0.6) is 11.5 Å². The highest BCUT2D eigenvalue weighted by Gasteiger charge is 2.11. The zero-order valence-corrected chi connectivity index (χ0v) is 12.1. The summed E-state index contributed by atoms with van der Waals surface area (Å²) in [4.78, 5) is 11.3. The molecule has 0 aromatic heterocycles. The number of rotatable bonds is 4. The Morgan fingerprint density at radius 2 is 1.81 bits per heavy atom. The first-order valence-corrected chi connectivity index (χ1v) is 6.63. The Balaban J connectivity index is 2.25. The Hall–Kier alpha value is -2.40. The first-order valence-electron chi connectivity index (χ1n) is 6.25. The molecule has 2 aromatic carbocycles. The van der Waals surface area contributed by atoms with E-state index in [0.29, 0.717) is 11.3 Å². The van der Waals surface area contributed by atoms with Crippen LogP contribution >= 0.6 is 11.6 Å². The van der Waals surface area contributed by atoms with Crippen molar-refractivity contribution in [2.75, 3.05) is 5.32 Å². The number of phenols is 2. The van der Waals surface area contributed by atoms with Gasteiger partial charge in [-0.3, -0.25) is 4.79 Å². The number of benzene rings is 2. The van der Waals surface area contributed by atoms with E-state index in [0.717, 1.165) is 0 Å². The van der Waals surface area contributed by atoms with Gasteiger partial charge in [0.05, 0.1) is 10.6 Å². The number of carbonyl (C=O) groups is 1. The molecule has 0 aliphatic carbocycles. The predicted octanol–water partition coefficient (Wildman–Crippen LogP) is 3.02. The third-order valence-corrected chi connectivity index (χ3v) is 3.37. The minimum atomic E-state index is -0.605. The molecule has 5 N–H and O–H groups in total. The van der Waals surface area contributed by atoms with Crippen LogP contribution in [-0.4, -0.2) is 16.1 Å². The van der Waals surface area contributed by atoms with Gasteiger partial charge in [0.1, 0.15) is 11.5 Å². The van der Waals surface area contributed by atoms with E-state index in [9.17, 15) is 15.0 Å². The summed E-state index contributed by atoms with van der Waals surface area (Å²) in [6.45, 7) is 1.85. The van der Waals surface area contributed by atoms with Crippen molar-refractivity contribution in [2.45, 2.75) is 13.0 Å². The average molecular weight is 307 g/mol. The number of halogens is 1. The van der Waals surface area contributed by atoms with Gasteiger partial charge in [0.25, 0.3) is 0 Å². The number of phenolic OH excluding ortho intramolecular Hbond substituents is 2. The Morgan fingerprint density at radius 3 is 2.38 bits per heavy atom. The minimum Gasteiger partial charge on any atom is -0.508 e. The molecule has 0 spiro atoms. The molecule has 110 valence electrons. The molecule has 2 aromatic rings. The molecular formula is C15H15ClN2O3. The number of nitrogens with one attached hydrogen (secondary N) is 1. The topological polar surface area (TPSA) is 95.6 Å². The molecule has 0 fully saturated rings. The summed E-state index contributed by atoms with van der Waals surface area (Å²) in [7, 11) is 0. The van der Waals surface area contributed by atoms with Crippen LogP contribution in [0.4, 0.5) is 5.69 Å². The molecule has 6 heteroatoms. The van der Waals surface area contributed by atoms with Crippen LogP contribution in [-0.2, 0) is 0 Å². The lowest BCUT2D eigenvalue weighted by Gasteiger charge is -2.17. The number of hydrogen-bond acceptors (Lipinski definition) is 4. The van der Waals surface area contributed by atoms with Crippen LogP contribution in [0, 0.1) is 0 Å². The first kappa shape index (κ1) is 15.0. The fourth-order valence-electron chi connectivity index (χ4n) is 2.01. The van der Waals surface area contributed by atoms with Crippen LogP contribution in [0.25, 0.3) is 0 Å². The van der Waals surface area contributed by atoms with Gasteiger partial charge >= 0.3 is 0 Å². The summed E-state index contributed by atoms with van der Waals surface area (Å²) < 4.78 is 0. The lowest BCUT2D eigenvalue weighted by atomic mass is 10.1. The van der Waals surface area contributed by atoms with Gasteiger partial charge in [-0.05, 0) is 42.8 Å². The molecule has 5 nitrogen and oxygen atoms in total. The van der Waals surface area contributed by atoms with Crippen LogP contribution in [0.2, 0.25) is 5.02 Å². The van der Waals surface area contributed by atoms with Crippen LogP contribution < -0.4 is 11.1 Å². The summed E-state index contributed by atoms with van der Waals surface area (Å²) in [6.07, 6.45) is 0. The van der Waals surface area contributed by atoms with Crippen molar-refractivity contribution in [3.63, 3.8) is 0 Å². The first-order chi connectivity index (χ1) is 9.86. The number of nitrogens with two attached hydrogens (primary N) is 1. The van der Waals surface area contributed by atoms with Gasteiger partial charge in [-0.1, -0.05) is 11.6 Å². The second kappa shape index (κ2) is 5.93. The molecule has 1 unspecified atom stereocenters. The van der Waals surface area contributed by atoms with Crippen molar-refractivity contribution in [2.24, 2.45) is 5.73 Å². The van der Waals surface area contributed by atoms with Gasteiger partial charge in [-0.2, -0.15) is 0 Å². The molecule has 0 saturated heterocycles. The normalized spacial score (nSPS) is 11.9. The largest absolute Gasteiger partial charge is 0.508 e. The van der Waals surface area contributed by atoms with E-state index in [2.05, 4.69) is 5.32 Å². The molecule has 21 heavy (non-hydrogen) atoms. The van der Waals surface area contributed by atoms with Crippen molar-refractivity contribution < 1.29 is 15.0 Å². The van der Waals surface area contributed by atoms with Crippen LogP contribution in [0.3, 0.4) is 0 Å². The molecule has 0 aliphatic heterocycles. The number of carbonyl (C=O) groups excluding carboxylic acids is 1. The summed E-state index contributed by atoms with van der Waals surface area (Å²) in [5.74, 6) is -0.647. The predicted molar refractivity (Wildman–Crippen MR) is 81.8 cm³/mol. The second-order valence-corrected chi connectivity index (χ2v) is 5.11. The zero-order valence-electron chi connectivity index (χ0n) is 11.3. The van der Waals surface area contributed by atoms with E-state index in [1.807, 2.05) is 6.92 Å². The maximum absolute atomic E-state index is 11.3. The van der Waals surface area contributed by atoms with E-state index in [1.165, 1.54) is 6.07 Å². The lowest BCUT2D eigenvalue weighted by Crippen LogP contribution is -2.13. The van der Waals surface area contributed by atoms with Gasteiger partial charge in [-0.25, -0.2) is 0 Å². The summed E-state index contributed by atoms with van der Waals surface area (Å²) >= 11 is 5.89. The van der Waals surface area contributed by atoms with E-state index >= 15 is 0 Å².